The normalized spacial score (nSPS) is 14.7. The Kier molecular flexibility index (Phi) is 4.54. The van der Waals surface area contributed by atoms with Crippen LogP contribution in [0, 0.1) is 0 Å². The minimum atomic E-state index is -4.51. The lowest BCUT2D eigenvalue weighted by atomic mass is 10.3. The van der Waals surface area contributed by atoms with E-state index in [1.54, 1.807) is 18.2 Å². The maximum Gasteiger partial charge on any atom is 0.442 e. The van der Waals surface area contributed by atoms with Gasteiger partial charge < -0.3 is 18.8 Å². The van der Waals surface area contributed by atoms with Crippen molar-refractivity contribution >= 4 is 15.2 Å². The van der Waals surface area contributed by atoms with Gasteiger partial charge in [0.2, 0.25) is 0 Å². The van der Waals surface area contributed by atoms with Crippen LogP contribution in [0.1, 0.15) is 0 Å². The Labute approximate surface area is 98.6 Å². The van der Waals surface area contributed by atoms with Gasteiger partial charge in [-0.1, -0.05) is 24.8 Å². The molecule has 1 aromatic rings. The fourth-order valence-corrected chi connectivity index (χ4v) is 4.08. The number of hydrogen-bond donors (Lipinski definition) is 2. The van der Waals surface area contributed by atoms with E-state index < -0.39 is 21.1 Å². The van der Waals surface area contributed by atoms with E-state index in [-0.39, 0.29) is 5.75 Å². The second kappa shape index (κ2) is 5.52. The molecule has 0 aromatic heterocycles. The van der Waals surface area contributed by atoms with Gasteiger partial charge in [-0.05, 0) is 12.1 Å². The van der Waals surface area contributed by atoms with E-state index in [4.69, 9.17) is 14.3 Å². The Balaban J connectivity index is 2.89. The van der Waals surface area contributed by atoms with Crippen molar-refractivity contribution in [2.24, 2.45) is 0 Å². The first-order chi connectivity index (χ1) is 7.85. The first kappa shape index (κ1) is 14.0. The van der Waals surface area contributed by atoms with Crippen molar-refractivity contribution in [3.63, 3.8) is 0 Å². The van der Waals surface area contributed by atoms with Crippen LogP contribution in [-0.2, 0) is 13.7 Å². The zero-order valence-corrected chi connectivity index (χ0v) is 10.6. The van der Waals surface area contributed by atoms with E-state index in [2.05, 4.69) is 11.1 Å². The highest BCUT2D eigenvalue weighted by atomic mass is 31.2. The molecule has 0 aliphatic rings. The average molecular weight is 278 g/mol. The Hall–Kier alpha value is -1.06. The Morgan fingerprint density at radius 3 is 2.29 bits per heavy atom. The summed E-state index contributed by atoms with van der Waals surface area (Å²) in [6.45, 7) is 3.19. The van der Waals surface area contributed by atoms with Crippen LogP contribution in [0.5, 0.6) is 5.75 Å². The lowest BCUT2D eigenvalue weighted by molar-refractivity contribution is 0.346. The van der Waals surface area contributed by atoms with Crippen molar-refractivity contribution in [2.75, 3.05) is 5.90 Å². The summed E-state index contributed by atoms with van der Waals surface area (Å²) in [5.41, 5.74) is 0. The third-order valence-corrected chi connectivity index (χ3v) is 5.40. The standard InChI is InChI=1S/C9H12O6P2/c1-2-14-17(13,8-16(10,11)12)15-9-6-4-3-5-7-9/h2-7H,1,8H2,(H2,10,11,12). The van der Waals surface area contributed by atoms with Gasteiger partial charge >= 0.3 is 15.2 Å². The van der Waals surface area contributed by atoms with Crippen LogP contribution in [-0.4, -0.2) is 15.7 Å². The highest BCUT2D eigenvalue weighted by Gasteiger charge is 2.36. The first-order valence-corrected chi connectivity index (χ1v) is 8.05. The smallest absolute Gasteiger partial charge is 0.424 e. The maximum atomic E-state index is 12.0. The molecule has 0 saturated heterocycles. The number of rotatable bonds is 6. The molecule has 0 aliphatic carbocycles. The third-order valence-electron chi connectivity index (χ3n) is 1.58. The summed E-state index contributed by atoms with van der Waals surface area (Å²) >= 11 is 0. The van der Waals surface area contributed by atoms with Crippen molar-refractivity contribution < 1.29 is 28.0 Å². The Morgan fingerprint density at radius 1 is 1.24 bits per heavy atom. The van der Waals surface area contributed by atoms with Crippen LogP contribution in [0.25, 0.3) is 0 Å². The van der Waals surface area contributed by atoms with E-state index >= 15 is 0 Å². The lowest BCUT2D eigenvalue weighted by Crippen LogP contribution is -2.00. The van der Waals surface area contributed by atoms with E-state index in [1.807, 2.05) is 0 Å². The topological polar surface area (TPSA) is 93.1 Å². The summed E-state index contributed by atoms with van der Waals surface area (Å²) in [5.74, 6) is -0.799. The molecular formula is C9H12O6P2. The summed E-state index contributed by atoms with van der Waals surface area (Å²) in [7, 11) is -8.46. The lowest BCUT2D eigenvalue weighted by Gasteiger charge is -2.18. The van der Waals surface area contributed by atoms with Gasteiger partial charge in [0.1, 0.15) is 5.75 Å². The van der Waals surface area contributed by atoms with Gasteiger partial charge in [-0.25, -0.2) is 4.57 Å². The monoisotopic (exact) mass is 278 g/mol. The van der Waals surface area contributed by atoms with Gasteiger partial charge in [0.25, 0.3) is 0 Å². The van der Waals surface area contributed by atoms with Crippen LogP contribution >= 0.6 is 15.2 Å². The fourth-order valence-electron chi connectivity index (χ4n) is 1.06. The zero-order chi connectivity index (χ0) is 12.9. The van der Waals surface area contributed by atoms with Crippen molar-refractivity contribution in [2.45, 2.75) is 0 Å². The predicted octanol–water partition coefficient (Wildman–Crippen LogP) is 2.55. The van der Waals surface area contributed by atoms with Crippen LogP contribution in [0.15, 0.2) is 43.2 Å². The molecule has 17 heavy (non-hydrogen) atoms. The quantitative estimate of drug-likeness (QED) is 0.613. The Bertz CT molecular complexity index is 466. The van der Waals surface area contributed by atoms with Crippen LogP contribution in [0.2, 0.25) is 0 Å². The molecule has 0 fully saturated rings. The molecule has 6 nitrogen and oxygen atoms in total. The molecule has 1 rings (SSSR count). The largest absolute Gasteiger partial charge is 0.442 e. The molecule has 2 N–H and O–H groups in total. The fraction of sp³-hybridized carbons (Fsp3) is 0.111. The first-order valence-electron chi connectivity index (χ1n) is 4.52. The number of para-hydroxylation sites is 1. The minimum Gasteiger partial charge on any atom is -0.424 e. The highest BCUT2D eigenvalue weighted by molar-refractivity contribution is 7.70. The predicted molar refractivity (Wildman–Crippen MR) is 62.9 cm³/mol. The molecule has 8 heteroatoms. The van der Waals surface area contributed by atoms with E-state index in [0.717, 1.165) is 6.26 Å². The van der Waals surface area contributed by atoms with E-state index in [1.165, 1.54) is 12.1 Å². The maximum absolute atomic E-state index is 12.0. The molecule has 0 spiro atoms. The van der Waals surface area contributed by atoms with Crippen molar-refractivity contribution in [1.29, 1.82) is 0 Å². The summed E-state index contributed by atoms with van der Waals surface area (Å²) in [4.78, 5) is 17.6. The van der Waals surface area contributed by atoms with Gasteiger partial charge in [0.05, 0.1) is 6.26 Å². The van der Waals surface area contributed by atoms with Crippen molar-refractivity contribution in [1.82, 2.24) is 0 Å². The molecule has 0 aliphatic heterocycles. The molecule has 94 valence electrons. The van der Waals surface area contributed by atoms with Gasteiger partial charge in [-0.3, -0.25) is 4.57 Å². The van der Waals surface area contributed by atoms with Gasteiger partial charge in [-0.15, -0.1) is 0 Å². The molecule has 1 unspecified atom stereocenters. The molecule has 0 bridgehead atoms. The van der Waals surface area contributed by atoms with Crippen molar-refractivity contribution in [3.05, 3.63) is 43.2 Å². The zero-order valence-electron chi connectivity index (χ0n) is 8.80. The molecule has 0 saturated carbocycles. The van der Waals surface area contributed by atoms with E-state index in [9.17, 15) is 9.13 Å². The summed E-state index contributed by atoms with van der Waals surface area (Å²) in [6, 6.07) is 7.98. The Morgan fingerprint density at radius 2 is 1.82 bits per heavy atom. The highest BCUT2D eigenvalue weighted by Crippen LogP contribution is 2.58. The number of benzene rings is 1. The molecule has 0 radical (unpaired) electrons. The second-order valence-corrected chi connectivity index (χ2v) is 7.17. The number of hydrogen-bond acceptors (Lipinski definition) is 4. The average Bonchev–Trinajstić information content (AvgIpc) is 2.15. The van der Waals surface area contributed by atoms with Gasteiger partial charge in [0.15, 0.2) is 5.90 Å². The molecular weight excluding hydrogens is 266 g/mol. The van der Waals surface area contributed by atoms with Gasteiger partial charge in [-0.2, -0.15) is 0 Å². The van der Waals surface area contributed by atoms with Gasteiger partial charge in [0, 0.05) is 0 Å². The SMILES string of the molecule is C=COP(=O)(CP(=O)(O)O)Oc1ccccc1. The van der Waals surface area contributed by atoms with Crippen molar-refractivity contribution in [3.8, 4) is 5.75 Å². The minimum absolute atomic E-state index is 0.200. The summed E-state index contributed by atoms with van der Waals surface area (Å²) in [6.07, 6.45) is 0.833. The molecule has 1 atom stereocenters. The van der Waals surface area contributed by atoms with Crippen LogP contribution in [0.3, 0.4) is 0 Å². The molecule has 1 aromatic carbocycles. The van der Waals surface area contributed by atoms with Crippen LogP contribution in [0.4, 0.5) is 0 Å². The molecule has 0 amide bonds. The van der Waals surface area contributed by atoms with Crippen LogP contribution < -0.4 is 4.52 Å². The summed E-state index contributed by atoms with van der Waals surface area (Å²) < 4.78 is 32.4. The molecule has 0 heterocycles. The summed E-state index contributed by atoms with van der Waals surface area (Å²) in [5, 5.41) is 0. The second-order valence-electron chi connectivity index (χ2n) is 3.09. The van der Waals surface area contributed by atoms with E-state index in [0.29, 0.717) is 0 Å². The third kappa shape index (κ3) is 5.20.